The third-order valence-corrected chi connectivity index (χ3v) is 6.82. The molecule has 0 aliphatic carbocycles. The van der Waals surface area contributed by atoms with Crippen LogP contribution in [0.25, 0.3) is 5.52 Å². The number of ether oxygens (including phenoxy) is 2. The summed E-state index contributed by atoms with van der Waals surface area (Å²) in [5.74, 6) is 1.23. The van der Waals surface area contributed by atoms with E-state index in [4.69, 9.17) is 9.47 Å². The Hall–Kier alpha value is -3.77. The summed E-state index contributed by atoms with van der Waals surface area (Å²) < 4.78 is 13.1. The highest BCUT2D eigenvalue weighted by Gasteiger charge is 2.31. The number of carbonyl (C=O) groups excluding carboxylic acids is 1. The molecule has 1 saturated heterocycles. The van der Waals surface area contributed by atoms with E-state index in [0.717, 1.165) is 18.5 Å². The van der Waals surface area contributed by atoms with Crippen LogP contribution in [0.4, 0.5) is 22.0 Å². The Balaban J connectivity index is 1.82. The van der Waals surface area contributed by atoms with E-state index in [1.54, 1.807) is 16.8 Å². The monoisotopic (exact) mass is 518 g/mol. The summed E-state index contributed by atoms with van der Waals surface area (Å²) in [7, 11) is 2.16. The molecule has 1 aromatic carbocycles. The van der Waals surface area contributed by atoms with Crippen LogP contribution in [0.15, 0.2) is 36.5 Å². The van der Waals surface area contributed by atoms with Crippen molar-refractivity contribution < 1.29 is 14.3 Å². The van der Waals surface area contributed by atoms with Crippen molar-refractivity contribution in [3.8, 4) is 11.8 Å². The van der Waals surface area contributed by atoms with Crippen LogP contribution in [0.5, 0.6) is 5.75 Å². The molecule has 38 heavy (non-hydrogen) atoms. The lowest BCUT2D eigenvalue weighted by molar-refractivity contribution is 0.0597. The van der Waals surface area contributed by atoms with Crippen molar-refractivity contribution >= 4 is 28.8 Å². The largest absolute Gasteiger partial charge is 0.494 e. The predicted molar refractivity (Wildman–Crippen MR) is 149 cm³/mol. The molecule has 1 N–H and O–H groups in total. The van der Waals surface area contributed by atoms with Crippen LogP contribution >= 0.6 is 0 Å². The zero-order valence-electron chi connectivity index (χ0n) is 23.2. The first-order valence-electron chi connectivity index (χ1n) is 13.2. The molecule has 9 heteroatoms. The summed E-state index contributed by atoms with van der Waals surface area (Å²) in [6.45, 7) is 11.7. The van der Waals surface area contributed by atoms with Gasteiger partial charge >= 0.3 is 6.09 Å². The second kappa shape index (κ2) is 11.3. The fourth-order valence-electron chi connectivity index (χ4n) is 5.03. The Bertz CT molecular complexity index is 1320. The van der Waals surface area contributed by atoms with Gasteiger partial charge in [-0.25, -0.2) is 14.2 Å². The number of anilines is 3. The average Bonchev–Trinajstić information content (AvgIpc) is 3.50. The molecule has 3 heterocycles. The fraction of sp³-hybridized carbons (Fsp3) is 0.483. The van der Waals surface area contributed by atoms with Crippen molar-refractivity contribution in [2.24, 2.45) is 0 Å². The number of carbonyl (C=O) groups is 1. The first-order valence-corrected chi connectivity index (χ1v) is 13.2. The van der Waals surface area contributed by atoms with Crippen molar-refractivity contribution in [1.82, 2.24) is 14.5 Å². The summed E-state index contributed by atoms with van der Waals surface area (Å²) in [5.41, 5.74) is 2.45. The molecule has 9 nitrogen and oxygen atoms in total. The highest BCUT2D eigenvalue weighted by atomic mass is 16.6. The molecule has 1 atom stereocenters. The Labute approximate surface area is 224 Å². The molecule has 0 radical (unpaired) electrons. The van der Waals surface area contributed by atoms with Gasteiger partial charge in [0.2, 0.25) is 0 Å². The van der Waals surface area contributed by atoms with Crippen LogP contribution in [-0.2, 0) is 4.74 Å². The van der Waals surface area contributed by atoms with E-state index in [2.05, 4.69) is 28.4 Å². The number of hydrogen-bond donors (Lipinski definition) is 1. The number of aromatic nitrogens is 2. The van der Waals surface area contributed by atoms with Crippen LogP contribution in [0, 0.1) is 18.3 Å². The molecule has 1 aliphatic rings. The number of benzene rings is 1. The number of fused-ring (bicyclic) bond motifs is 1. The minimum atomic E-state index is -0.710. The normalized spacial score (nSPS) is 15.9. The van der Waals surface area contributed by atoms with Gasteiger partial charge in [-0.05, 0) is 97.8 Å². The van der Waals surface area contributed by atoms with E-state index in [9.17, 15) is 10.1 Å². The number of nitrogens with zero attached hydrogens (tertiary/aromatic N) is 5. The first kappa shape index (κ1) is 27.3. The van der Waals surface area contributed by atoms with Crippen molar-refractivity contribution in [3.05, 3.63) is 47.7 Å². The molecule has 0 saturated carbocycles. The van der Waals surface area contributed by atoms with Gasteiger partial charge in [-0.2, -0.15) is 10.4 Å². The van der Waals surface area contributed by atoms with Crippen LogP contribution < -0.4 is 15.0 Å². The molecule has 1 amide bonds. The lowest BCUT2D eigenvalue weighted by Gasteiger charge is -2.30. The molecule has 1 unspecified atom stereocenters. The zero-order chi connectivity index (χ0) is 27.4. The third-order valence-electron chi connectivity index (χ3n) is 6.82. The zero-order valence-corrected chi connectivity index (χ0v) is 23.2. The van der Waals surface area contributed by atoms with E-state index >= 15 is 0 Å². The topological polar surface area (TPSA) is 95.1 Å². The Morgan fingerprint density at radius 1 is 1.26 bits per heavy atom. The minimum absolute atomic E-state index is 0.499. The number of hydrogen-bond acceptors (Lipinski definition) is 7. The highest BCUT2D eigenvalue weighted by molar-refractivity contribution is 5.98. The van der Waals surface area contributed by atoms with Crippen LogP contribution in [0.3, 0.4) is 0 Å². The average molecular weight is 519 g/mol. The first-order chi connectivity index (χ1) is 18.1. The highest BCUT2D eigenvalue weighted by Crippen LogP contribution is 2.38. The molecule has 1 aliphatic heterocycles. The number of nitriles is 1. The number of likely N-dealkylation sites (tertiary alicyclic amines) is 1. The lowest BCUT2D eigenvalue weighted by Crippen LogP contribution is -2.35. The van der Waals surface area contributed by atoms with Crippen molar-refractivity contribution in [2.75, 3.05) is 37.0 Å². The van der Waals surface area contributed by atoms with Crippen molar-refractivity contribution in [1.29, 1.82) is 5.26 Å². The van der Waals surface area contributed by atoms with Gasteiger partial charge in [-0.15, -0.1) is 0 Å². The lowest BCUT2D eigenvalue weighted by atomic mass is 10.1. The summed E-state index contributed by atoms with van der Waals surface area (Å²) in [5, 5.41) is 18.2. The SMILES string of the molecule is CCOc1ccc(N(C(=O)OC(C)(C)C)c2c(C)c(NCCC3CCCN3C)c(C#N)c3ccnn23)cc1. The van der Waals surface area contributed by atoms with Crippen LogP contribution in [0.1, 0.15) is 58.1 Å². The van der Waals surface area contributed by atoms with Gasteiger partial charge in [0.25, 0.3) is 0 Å². The molecular weight excluding hydrogens is 480 g/mol. The maximum absolute atomic E-state index is 13.7. The smallest absolute Gasteiger partial charge is 0.420 e. The molecule has 202 valence electrons. The summed E-state index contributed by atoms with van der Waals surface area (Å²) >= 11 is 0. The molecular formula is C29H38N6O3. The quantitative estimate of drug-likeness (QED) is 0.398. The predicted octanol–water partition coefficient (Wildman–Crippen LogP) is 5.88. The Morgan fingerprint density at radius 2 is 2.00 bits per heavy atom. The van der Waals surface area contributed by atoms with Crippen LogP contribution in [0.2, 0.25) is 0 Å². The fourth-order valence-corrected chi connectivity index (χ4v) is 5.03. The number of nitrogens with one attached hydrogen (secondary N) is 1. The second-order valence-electron chi connectivity index (χ2n) is 10.7. The van der Waals surface area contributed by atoms with Gasteiger partial charge in [-0.1, -0.05) is 0 Å². The van der Waals surface area contributed by atoms with E-state index in [1.807, 2.05) is 58.9 Å². The summed E-state index contributed by atoms with van der Waals surface area (Å²) in [6.07, 6.45) is 4.46. The maximum atomic E-state index is 13.7. The molecule has 3 aromatic rings. The molecule has 2 aromatic heterocycles. The van der Waals surface area contributed by atoms with Gasteiger partial charge in [0.05, 0.1) is 29.7 Å². The van der Waals surface area contributed by atoms with Gasteiger partial charge in [0, 0.05) is 18.2 Å². The van der Waals surface area contributed by atoms with Gasteiger partial charge < -0.3 is 19.7 Å². The van der Waals surface area contributed by atoms with E-state index < -0.39 is 11.7 Å². The van der Waals surface area contributed by atoms with Gasteiger partial charge in [0.1, 0.15) is 28.8 Å². The standard InChI is InChI=1S/C29H38N6O3/c1-7-37-23-12-10-22(11-13-23)34(28(36)38-29(3,4)5)27-20(2)26(24(19-30)25-15-17-32-35(25)27)31-16-14-21-9-8-18-33(21)6/h10-13,15,17,21,31H,7-9,14,16,18H2,1-6H3. The molecule has 4 rings (SSSR count). The summed E-state index contributed by atoms with van der Waals surface area (Å²) in [6, 6.07) is 12.0. The molecule has 0 spiro atoms. The van der Waals surface area contributed by atoms with E-state index in [-0.39, 0.29) is 0 Å². The Morgan fingerprint density at radius 3 is 2.61 bits per heavy atom. The maximum Gasteiger partial charge on any atom is 0.420 e. The van der Waals surface area contributed by atoms with E-state index in [0.29, 0.717) is 53.2 Å². The van der Waals surface area contributed by atoms with Gasteiger partial charge in [-0.3, -0.25) is 0 Å². The molecule has 1 fully saturated rings. The number of amides is 1. The van der Waals surface area contributed by atoms with Crippen molar-refractivity contribution in [2.45, 2.75) is 65.5 Å². The van der Waals surface area contributed by atoms with Crippen molar-refractivity contribution in [3.63, 3.8) is 0 Å². The number of rotatable bonds is 8. The molecule has 0 bridgehead atoms. The summed E-state index contributed by atoms with van der Waals surface area (Å²) in [4.78, 5) is 17.6. The Kier molecular flexibility index (Phi) is 8.12. The van der Waals surface area contributed by atoms with E-state index in [1.165, 1.54) is 17.7 Å². The minimum Gasteiger partial charge on any atom is -0.494 e. The third kappa shape index (κ3) is 5.70. The van der Waals surface area contributed by atoms with Crippen LogP contribution in [-0.4, -0.2) is 59.0 Å². The van der Waals surface area contributed by atoms with Gasteiger partial charge in [0.15, 0.2) is 0 Å². The second-order valence-corrected chi connectivity index (χ2v) is 10.7. The number of pyridine rings is 1.